The molecule has 40 heavy (non-hydrogen) atoms. The second-order valence-corrected chi connectivity index (χ2v) is 19.2. The van der Waals surface area contributed by atoms with Crippen LogP contribution in [0.4, 0.5) is 0 Å². The third kappa shape index (κ3) is 8.53. The van der Waals surface area contributed by atoms with E-state index < -0.39 is 0 Å². The zero-order valence-electron chi connectivity index (χ0n) is 23.7. The molecule has 0 fully saturated rings. The van der Waals surface area contributed by atoms with Crippen molar-refractivity contribution in [2.45, 2.75) is 39.8 Å². The molecule has 0 aliphatic heterocycles. The van der Waals surface area contributed by atoms with E-state index in [0.717, 1.165) is 12.8 Å². The summed E-state index contributed by atoms with van der Waals surface area (Å²) in [4.78, 5) is 0. The van der Waals surface area contributed by atoms with E-state index in [-0.39, 0.29) is 14.8 Å². The molecular weight excluding hydrogens is 590 g/mol. The Kier molecular flexibility index (Phi) is 13.6. The summed E-state index contributed by atoms with van der Waals surface area (Å²) in [6.45, 7) is 9.03. The van der Waals surface area contributed by atoms with Gasteiger partial charge in [0, 0.05) is 0 Å². The summed E-state index contributed by atoms with van der Waals surface area (Å²) in [6.07, 6.45) is 2.20. The van der Waals surface area contributed by atoms with Crippen LogP contribution in [-0.2, 0) is 36.2 Å². The van der Waals surface area contributed by atoms with Gasteiger partial charge in [0.1, 0.15) is 0 Å². The molecule has 4 heteroatoms. The second-order valence-electron chi connectivity index (χ2n) is 9.78. The van der Waals surface area contributed by atoms with Crippen LogP contribution in [0.15, 0.2) is 121 Å². The minimum Gasteiger partial charge on any atom is -1.00 e. The van der Waals surface area contributed by atoms with E-state index in [2.05, 4.69) is 148 Å². The second kappa shape index (κ2) is 16.4. The first-order valence-electron chi connectivity index (χ1n) is 13.5. The minimum absolute atomic E-state index is 0. The first-order valence-corrected chi connectivity index (χ1v) is 19.7. The van der Waals surface area contributed by atoms with E-state index in [9.17, 15) is 0 Å². The Morgan fingerprint density at radius 1 is 0.550 bits per heavy atom. The molecule has 0 saturated heterocycles. The summed E-state index contributed by atoms with van der Waals surface area (Å²) in [5.41, 5.74) is 8.32. The van der Waals surface area contributed by atoms with E-state index in [1.54, 1.807) is 23.3 Å². The largest absolute Gasteiger partial charge is 1.00 e. The van der Waals surface area contributed by atoms with Gasteiger partial charge >= 0.3 is 41.9 Å². The SMILES string of the molecule is CCc1cc2c(-c3ccccc3)cccc2[cH-]1.CCc1cc2c(-c3ccccc3)cccc2[cH-]1.C[Si](C)=[Zr+2].[F-].[F-]. The number of rotatable bonds is 4. The van der Waals surface area contributed by atoms with Crippen LogP contribution >= 0.6 is 0 Å². The van der Waals surface area contributed by atoms with Gasteiger partial charge in [-0.15, -0.1) is 69.1 Å². The van der Waals surface area contributed by atoms with E-state index in [1.807, 2.05) is 0 Å². The quantitative estimate of drug-likeness (QED) is 0.202. The fraction of sp³-hybridized carbons (Fsp3) is 0.167. The molecule has 0 aliphatic carbocycles. The molecule has 0 amide bonds. The maximum absolute atomic E-state index is 2.32. The Labute approximate surface area is 252 Å². The van der Waals surface area contributed by atoms with Crippen LogP contribution in [0.25, 0.3) is 43.8 Å². The maximum Gasteiger partial charge on any atom is -1.00 e. The van der Waals surface area contributed by atoms with Crippen molar-refractivity contribution < 1.29 is 32.7 Å². The summed E-state index contributed by atoms with van der Waals surface area (Å²) in [5.74, 6) is 0. The Morgan fingerprint density at radius 3 is 1.23 bits per heavy atom. The summed E-state index contributed by atoms with van der Waals surface area (Å²) < 4.78 is 0. The van der Waals surface area contributed by atoms with Gasteiger partial charge in [-0.25, -0.2) is 0 Å². The van der Waals surface area contributed by atoms with Crippen molar-refractivity contribution in [3.05, 3.63) is 132 Å². The Hall–Kier alpha value is -2.94. The molecule has 0 unspecified atom stereocenters. The van der Waals surface area contributed by atoms with Crippen molar-refractivity contribution in [3.63, 3.8) is 0 Å². The Morgan fingerprint density at radius 2 is 0.900 bits per heavy atom. The molecule has 0 spiro atoms. The van der Waals surface area contributed by atoms with Crippen LogP contribution in [0.2, 0.25) is 13.1 Å². The van der Waals surface area contributed by atoms with Crippen LogP contribution in [0.5, 0.6) is 0 Å². The number of aryl methyl sites for hydroxylation is 2. The summed E-state index contributed by atoms with van der Waals surface area (Å²) in [7, 11) is 0. The van der Waals surface area contributed by atoms with Crippen LogP contribution < -0.4 is 9.41 Å². The van der Waals surface area contributed by atoms with Crippen molar-refractivity contribution in [3.8, 4) is 22.3 Å². The minimum atomic E-state index is 0. The monoisotopic (exact) mass is 624 g/mol. The van der Waals surface area contributed by atoms with E-state index in [0.29, 0.717) is 0 Å². The average molecular weight is 626 g/mol. The molecule has 0 nitrogen and oxygen atoms in total. The molecule has 0 heterocycles. The number of fused-ring (bicyclic) bond motifs is 2. The van der Waals surface area contributed by atoms with Gasteiger partial charge in [-0.2, -0.15) is 12.1 Å². The fourth-order valence-corrected chi connectivity index (χ4v) is 4.74. The molecule has 0 N–H and O–H groups in total. The Balaban J connectivity index is 0.000000237. The molecule has 6 rings (SSSR count). The molecule has 0 saturated carbocycles. The molecule has 0 radical (unpaired) electrons. The summed E-state index contributed by atoms with van der Waals surface area (Å²) >= 11 is 1.74. The molecular formula is C36H36F2SiZr-2. The molecule has 6 aromatic rings. The zero-order chi connectivity index (χ0) is 26.9. The van der Waals surface area contributed by atoms with Gasteiger partial charge in [0.25, 0.3) is 0 Å². The fourth-order valence-electron chi connectivity index (χ4n) is 4.74. The van der Waals surface area contributed by atoms with Crippen LogP contribution in [-0.4, -0.2) is 5.43 Å². The van der Waals surface area contributed by atoms with E-state index >= 15 is 0 Å². The first kappa shape index (κ1) is 33.3. The van der Waals surface area contributed by atoms with Crippen molar-refractivity contribution in [1.82, 2.24) is 0 Å². The maximum atomic E-state index is 2.32. The van der Waals surface area contributed by atoms with Gasteiger partial charge in [-0.3, -0.25) is 0 Å². The third-order valence-electron chi connectivity index (χ3n) is 6.61. The predicted octanol–water partition coefficient (Wildman–Crippen LogP) is 4.37. The first-order chi connectivity index (χ1) is 18.5. The van der Waals surface area contributed by atoms with Crippen molar-refractivity contribution in [2.24, 2.45) is 0 Å². The number of benzene rings is 4. The molecule has 6 aromatic carbocycles. The van der Waals surface area contributed by atoms with Crippen molar-refractivity contribution >= 4 is 27.0 Å². The molecule has 0 bridgehead atoms. The topological polar surface area (TPSA) is 0 Å². The van der Waals surface area contributed by atoms with Crippen LogP contribution in [0.1, 0.15) is 25.0 Å². The molecule has 0 atom stereocenters. The predicted molar refractivity (Wildman–Crippen MR) is 166 cm³/mol. The van der Waals surface area contributed by atoms with Gasteiger partial charge in [0.05, 0.1) is 0 Å². The molecule has 0 aliphatic rings. The average Bonchev–Trinajstić information content (AvgIpc) is 3.58. The van der Waals surface area contributed by atoms with Crippen molar-refractivity contribution in [2.75, 3.05) is 0 Å². The zero-order valence-corrected chi connectivity index (χ0v) is 27.2. The van der Waals surface area contributed by atoms with Crippen LogP contribution in [0, 0.1) is 0 Å². The van der Waals surface area contributed by atoms with Gasteiger partial charge in [-0.1, -0.05) is 97.8 Å². The van der Waals surface area contributed by atoms with Crippen LogP contribution in [0.3, 0.4) is 0 Å². The summed E-state index contributed by atoms with van der Waals surface area (Å²) in [5, 5.41) is 5.44. The summed E-state index contributed by atoms with van der Waals surface area (Å²) in [6, 6.07) is 43.5. The molecule has 204 valence electrons. The number of halogens is 2. The number of hydrogen-bond donors (Lipinski definition) is 0. The smallest absolute Gasteiger partial charge is 1.00 e. The van der Waals surface area contributed by atoms with Crippen molar-refractivity contribution in [1.29, 1.82) is 0 Å². The van der Waals surface area contributed by atoms with E-state index in [1.165, 1.54) is 54.9 Å². The Bertz CT molecular complexity index is 1490. The van der Waals surface area contributed by atoms with E-state index in [4.69, 9.17) is 0 Å². The van der Waals surface area contributed by atoms with Gasteiger partial charge in [-0.05, 0) is 24.0 Å². The number of hydrogen-bond acceptors (Lipinski definition) is 0. The molecule has 0 aromatic heterocycles. The van der Waals surface area contributed by atoms with Gasteiger partial charge in [0.15, 0.2) is 0 Å². The normalized spacial score (nSPS) is 9.95. The standard InChI is InChI=1S/2C17H15.C2H6Si.2FH.Zr/c2*1-2-13-11-15-9-6-10-16(17(15)12-13)14-7-4-3-5-8-14;1-3-2;;;/h2*3-12H,2H2,1H3;1-2H3;2*1H;/q2*-1;;;;+2/p-2. The third-order valence-corrected chi connectivity index (χ3v) is 6.61. The van der Waals surface area contributed by atoms with Gasteiger partial charge in [0.2, 0.25) is 0 Å². The van der Waals surface area contributed by atoms with Gasteiger partial charge < -0.3 is 9.41 Å².